The minimum absolute atomic E-state index is 0.151. The van der Waals surface area contributed by atoms with Gasteiger partial charge in [0, 0.05) is 12.6 Å². The van der Waals surface area contributed by atoms with Gasteiger partial charge >= 0.3 is 12.1 Å². The van der Waals surface area contributed by atoms with Crippen LogP contribution in [0.2, 0.25) is 0 Å². The maximum absolute atomic E-state index is 11.7. The third-order valence-corrected chi connectivity index (χ3v) is 2.72. The van der Waals surface area contributed by atoms with E-state index >= 15 is 0 Å². The van der Waals surface area contributed by atoms with Crippen molar-refractivity contribution in [1.29, 1.82) is 0 Å². The predicted octanol–water partition coefficient (Wildman–Crippen LogP) is 1.45. The quantitative estimate of drug-likeness (QED) is 0.744. The molecule has 1 unspecified atom stereocenters. The first-order valence-electron chi connectivity index (χ1n) is 6.81. The number of alkyl carbamates (subject to hydrolysis) is 1. The van der Waals surface area contributed by atoms with Crippen LogP contribution < -0.4 is 10.6 Å². The van der Waals surface area contributed by atoms with Crippen LogP contribution in [0.5, 0.6) is 0 Å². The van der Waals surface area contributed by atoms with Crippen molar-refractivity contribution in [2.24, 2.45) is 0 Å². The fourth-order valence-corrected chi connectivity index (χ4v) is 1.60. The first-order chi connectivity index (χ1) is 10.0. The molecule has 0 aliphatic rings. The van der Waals surface area contributed by atoms with Gasteiger partial charge in [0.15, 0.2) is 0 Å². The average Bonchev–Trinajstić information content (AvgIpc) is 2.49. The van der Waals surface area contributed by atoms with Gasteiger partial charge < -0.3 is 20.1 Å². The normalized spacial score (nSPS) is 11.8. The van der Waals surface area contributed by atoms with E-state index in [0.29, 0.717) is 0 Å². The second-order valence-corrected chi connectivity index (χ2v) is 4.84. The monoisotopic (exact) mass is 294 g/mol. The Labute approximate surface area is 124 Å². The highest BCUT2D eigenvalue weighted by Crippen LogP contribution is 2.01. The largest absolute Gasteiger partial charge is 0.467 e. The third-order valence-electron chi connectivity index (χ3n) is 2.72. The summed E-state index contributed by atoms with van der Waals surface area (Å²) >= 11 is 0. The molecule has 0 aromatic heterocycles. The Balaban J connectivity index is 2.45. The number of amides is 1. The smallest absolute Gasteiger partial charge is 0.408 e. The molecule has 0 heterocycles. The molecule has 116 valence electrons. The highest BCUT2D eigenvalue weighted by Gasteiger charge is 2.22. The molecule has 2 N–H and O–H groups in total. The molecule has 0 fully saturated rings. The number of rotatable bonds is 7. The highest BCUT2D eigenvalue weighted by molar-refractivity contribution is 5.81. The van der Waals surface area contributed by atoms with Crippen LogP contribution >= 0.6 is 0 Å². The Morgan fingerprint density at radius 3 is 2.43 bits per heavy atom. The molecule has 1 atom stereocenters. The number of carbonyl (C=O) groups is 2. The van der Waals surface area contributed by atoms with Crippen molar-refractivity contribution < 1.29 is 19.1 Å². The lowest BCUT2D eigenvalue weighted by Crippen LogP contribution is -2.49. The van der Waals surface area contributed by atoms with E-state index in [-0.39, 0.29) is 19.2 Å². The van der Waals surface area contributed by atoms with Crippen LogP contribution in [0.3, 0.4) is 0 Å². The van der Waals surface area contributed by atoms with Gasteiger partial charge in [-0.2, -0.15) is 0 Å². The van der Waals surface area contributed by atoms with E-state index in [1.807, 2.05) is 44.2 Å². The van der Waals surface area contributed by atoms with Gasteiger partial charge in [-0.25, -0.2) is 9.59 Å². The SMILES string of the molecule is COC(=O)C(CNC(C)C)NC(=O)OCc1ccccc1. The van der Waals surface area contributed by atoms with Gasteiger partial charge in [0.05, 0.1) is 7.11 Å². The average molecular weight is 294 g/mol. The van der Waals surface area contributed by atoms with Gasteiger partial charge in [0.1, 0.15) is 12.6 Å². The molecule has 0 aliphatic carbocycles. The lowest BCUT2D eigenvalue weighted by atomic mass is 10.2. The Morgan fingerprint density at radius 1 is 1.19 bits per heavy atom. The molecule has 0 radical (unpaired) electrons. The summed E-state index contributed by atoms with van der Waals surface area (Å²) in [6.45, 7) is 4.33. The van der Waals surface area contributed by atoms with E-state index in [1.54, 1.807) is 0 Å². The molecule has 0 aliphatic heterocycles. The Hall–Kier alpha value is -2.08. The zero-order valence-corrected chi connectivity index (χ0v) is 12.6. The lowest BCUT2D eigenvalue weighted by Gasteiger charge is -2.18. The molecule has 6 nitrogen and oxygen atoms in total. The molecule has 1 aromatic carbocycles. The van der Waals surface area contributed by atoms with Crippen molar-refractivity contribution in [2.45, 2.75) is 32.5 Å². The van der Waals surface area contributed by atoms with Crippen LogP contribution in [0.25, 0.3) is 0 Å². The van der Waals surface area contributed by atoms with Crippen LogP contribution in [-0.4, -0.2) is 37.8 Å². The molecule has 1 amide bonds. The Bertz CT molecular complexity index is 448. The molecule has 0 bridgehead atoms. The number of carbonyl (C=O) groups excluding carboxylic acids is 2. The van der Waals surface area contributed by atoms with Crippen LogP contribution in [0.4, 0.5) is 4.79 Å². The van der Waals surface area contributed by atoms with Gasteiger partial charge in [-0.3, -0.25) is 0 Å². The zero-order valence-electron chi connectivity index (χ0n) is 12.6. The van der Waals surface area contributed by atoms with Crippen molar-refractivity contribution in [3.63, 3.8) is 0 Å². The van der Waals surface area contributed by atoms with E-state index in [0.717, 1.165) is 5.56 Å². The molecule has 6 heteroatoms. The summed E-state index contributed by atoms with van der Waals surface area (Å²) in [6, 6.07) is 8.73. The molecule has 1 aromatic rings. The van der Waals surface area contributed by atoms with Gasteiger partial charge in [-0.05, 0) is 5.56 Å². The van der Waals surface area contributed by atoms with Crippen molar-refractivity contribution >= 4 is 12.1 Å². The van der Waals surface area contributed by atoms with E-state index in [9.17, 15) is 9.59 Å². The summed E-state index contributed by atoms with van der Waals surface area (Å²) in [6.07, 6.45) is -0.653. The Kier molecular flexibility index (Phi) is 7.25. The van der Waals surface area contributed by atoms with E-state index in [1.165, 1.54) is 7.11 Å². The molecular formula is C15H22N2O4. The van der Waals surface area contributed by atoms with E-state index in [2.05, 4.69) is 15.4 Å². The Morgan fingerprint density at radius 2 is 1.86 bits per heavy atom. The number of methoxy groups -OCH3 is 1. The fraction of sp³-hybridized carbons (Fsp3) is 0.467. The van der Waals surface area contributed by atoms with E-state index < -0.39 is 18.1 Å². The number of hydrogen-bond donors (Lipinski definition) is 2. The summed E-state index contributed by atoms with van der Waals surface area (Å²) in [4.78, 5) is 23.3. The van der Waals surface area contributed by atoms with Crippen LogP contribution in [0, 0.1) is 0 Å². The zero-order chi connectivity index (χ0) is 15.7. The number of benzene rings is 1. The molecule has 1 rings (SSSR count). The third kappa shape index (κ3) is 6.76. The minimum Gasteiger partial charge on any atom is -0.467 e. The minimum atomic E-state index is -0.777. The fourth-order valence-electron chi connectivity index (χ4n) is 1.60. The van der Waals surface area contributed by atoms with Gasteiger partial charge in [-0.15, -0.1) is 0 Å². The summed E-state index contributed by atoms with van der Waals surface area (Å²) in [5.41, 5.74) is 0.877. The topological polar surface area (TPSA) is 76.7 Å². The summed E-state index contributed by atoms with van der Waals surface area (Å²) in [7, 11) is 1.28. The maximum Gasteiger partial charge on any atom is 0.408 e. The lowest BCUT2D eigenvalue weighted by molar-refractivity contribution is -0.142. The second kappa shape index (κ2) is 8.97. The van der Waals surface area contributed by atoms with Crippen LogP contribution in [-0.2, 0) is 20.9 Å². The van der Waals surface area contributed by atoms with Crippen molar-refractivity contribution in [3.8, 4) is 0 Å². The summed E-state index contributed by atoms with van der Waals surface area (Å²) < 4.78 is 9.73. The van der Waals surface area contributed by atoms with Gasteiger partial charge in [0.2, 0.25) is 0 Å². The highest BCUT2D eigenvalue weighted by atomic mass is 16.6. The van der Waals surface area contributed by atoms with Crippen molar-refractivity contribution in [2.75, 3.05) is 13.7 Å². The number of nitrogens with one attached hydrogen (secondary N) is 2. The van der Waals surface area contributed by atoms with Crippen molar-refractivity contribution in [1.82, 2.24) is 10.6 Å². The molecule has 21 heavy (non-hydrogen) atoms. The van der Waals surface area contributed by atoms with Crippen molar-refractivity contribution in [3.05, 3.63) is 35.9 Å². The van der Waals surface area contributed by atoms with Gasteiger partial charge in [0.25, 0.3) is 0 Å². The number of esters is 1. The van der Waals surface area contributed by atoms with Crippen LogP contribution in [0.15, 0.2) is 30.3 Å². The number of hydrogen-bond acceptors (Lipinski definition) is 5. The van der Waals surface area contributed by atoms with Crippen LogP contribution in [0.1, 0.15) is 19.4 Å². The second-order valence-electron chi connectivity index (χ2n) is 4.84. The number of ether oxygens (including phenoxy) is 2. The molecular weight excluding hydrogens is 272 g/mol. The summed E-state index contributed by atoms with van der Waals surface area (Å²) in [5.74, 6) is -0.514. The molecule has 0 saturated carbocycles. The predicted molar refractivity (Wildman–Crippen MR) is 78.7 cm³/mol. The van der Waals surface area contributed by atoms with Gasteiger partial charge in [-0.1, -0.05) is 44.2 Å². The molecule has 0 saturated heterocycles. The standard InChI is InChI=1S/C15H22N2O4/c1-11(2)16-9-13(14(18)20-3)17-15(19)21-10-12-7-5-4-6-8-12/h4-8,11,13,16H,9-10H2,1-3H3,(H,17,19). The first kappa shape index (κ1) is 17.0. The summed E-state index contributed by atoms with van der Waals surface area (Å²) in [5, 5.41) is 5.56. The van der Waals surface area contributed by atoms with E-state index in [4.69, 9.17) is 4.74 Å². The molecule has 0 spiro atoms. The first-order valence-corrected chi connectivity index (χ1v) is 6.81. The maximum atomic E-state index is 11.7.